The van der Waals surface area contributed by atoms with Gasteiger partial charge in [-0.2, -0.15) is 0 Å². The summed E-state index contributed by atoms with van der Waals surface area (Å²) in [6.07, 6.45) is 2.02. The molecule has 2 atom stereocenters. The first kappa shape index (κ1) is 11.5. The highest BCUT2D eigenvalue weighted by atomic mass is 16.5. The van der Waals surface area contributed by atoms with Gasteiger partial charge in [0.1, 0.15) is 0 Å². The molecule has 1 aliphatic carbocycles. The van der Waals surface area contributed by atoms with Gasteiger partial charge in [-0.25, -0.2) is 0 Å². The van der Waals surface area contributed by atoms with Crippen molar-refractivity contribution in [2.45, 2.75) is 19.8 Å². The van der Waals surface area contributed by atoms with Crippen LogP contribution < -0.4 is 0 Å². The van der Waals surface area contributed by atoms with Crippen LogP contribution in [0.15, 0.2) is 0 Å². The Morgan fingerprint density at radius 2 is 2.00 bits per heavy atom. The molecule has 0 aromatic heterocycles. The Bertz CT molecular complexity index is 302. The second-order valence-electron chi connectivity index (χ2n) is 5.75. The largest absolute Gasteiger partial charge is 0.466 e. The predicted molar refractivity (Wildman–Crippen MR) is 62.5 cm³/mol. The van der Waals surface area contributed by atoms with Crippen molar-refractivity contribution in [2.24, 2.45) is 17.3 Å². The van der Waals surface area contributed by atoms with Crippen LogP contribution in [0.4, 0.5) is 0 Å². The minimum absolute atomic E-state index is 0.0216. The van der Waals surface area contributed by atoms with E-state index >= 15 is 0 Å². The van der Waals surface area contributed by atoms with Crippen LogP contribution in [0.3, 0.4) is 0 Å². The van der Waals surface area contributed by atoms with E-state index in [4.69, 9.17) is 9.47 Å². The van der Waals surface area contributed by atoms with E-state index in [1.54, 1.807) is 0 Å². The van der Waals surface area contributed by atoms with E-state index in [9.17, 15) is 4.79 Å². The highest BCUT2D eigenvalue weighted by Crippen LogP contribution is 2.48. The maximum Gasteiger partial charge on any atom is 0.313 e. The van der Waals surface area contributed by atoms with Gasteiger partial charge in [0.15, 0.2) is 0 Å². The van der Waals surface area contributed by atoms with Crippen molar-refractivity contribution in [2.75, 3.05) is 39.5 Å². The molecule has 17 heavy (non-hydrogen) atoms. The van der Waals surface area contributed by atoms with E-state index in [0.29, 0.717) is 18.4 Å². The van der Waals surface area contributed by atoms with Gasteiger partial charge < -0.3 is 14.4 Å². The maximum atomic E-state index is 11.9. The molecule has 96 valence electrons. The van der Waals surface area contributed by atoms with Crippen LogP contribution in [0.2, 0.25) is 0 Å². The number of rotatable bonds is 4. The minimum atomic E-state index is -0.157. The quantitative estimate of drug-likeness (QED) is 0.684. The summed E-state index contributed by atoms with van der Waals surface area (Å²) < 4.78 is 10.7. The SMILES string of the molecule is CCOC(=O)C1(CN2C[C@H]3COC[C@H]3C2)CC1. The molecule has 0 aromatic carbocycles. The molecule has 0 radical (unpaired) electrons. The summed E-state index contributed by atoms with van der Waals surface area (Å²) in [6, 6.07) is 0. The van der Waals surface area contributed by atoms with Crippen LogP contribution in [0, 0.1) is 17.3 Å². The lowest BCUT2D eigenvalue weighted by atomic mass is 10.0. The summed E-state index contributed by atoms with van der Waals surface area (Å²) in [5.74, 6) is 1.43. The Morgan fingerprint density at radius 3 is 2.53 bits per heavy atom. The van der Waals surface area contributed by atoms with Crippen LogP contribution >= 0.6 is 0 Å². The Hall–Kier alpha value is -0.610. The van der Waals surface area contributed by atoms with Gasteiger partial charge in [0.25, 0.3) is 0 Å². The van der Waals surface area contributed by atoms with E-state index in [2.05, 4.69) is 4.90 Å². The third kappa shape index (κ3) is 2.08. The van der Waals surface area contributed by atoms with E-state index in [-0.39, 0.29) is 11.4 Å². The number of likely N-dealkylation sites (tertiary alicyclic amines) is 1. The second kappa shape index (κ2) is 4.25. The zero-order chi connectivity index (χ0) is 11.9. The van der Waals surface area contributed by atoms with Crippen LogP contribution in [0.25, 0.3) is 0 Å². The molecular weight excluding hydrogens is 218 g/mol. The average molecular weight is 239 g/mol. The molecule has 4 heteroatoms. The molecule has 2 aliphatic heterocycles. The number of hydrogen-bond acceptors (Lipinski definition) is 4. The van der Waals surface area contributed by atoms with Crippen molar-refractivity contribution in [3.8, 4) is 0 Å². The van der Waals surface area contributed by atoms with Crippen LogP contribution in [0.1, 0.15) is 19.8 Å². The molecule has 1 saturated carbocycles. The Kier molecular flexibility index (Phi) is 2.87. The van der Waals surface area contributed by atoms with Crippen LogP contribution in [-0.4, -0.2) is 50.3 Å². The normalized spacial score (nSPS) is 34.6. The van der Waals surface area contributed by atoms with Gasteiger partial charge in [0, 0.05) is 31.5 Å². The van der Waals surface area contributed by atoms with E-state index in [1.807, 2.05) is 6.92 Å². The van der Waals surface area contributed by atoms with E-state index in [0.717, 1.165) is 45.7 Å². The lowest BCUT2D eigenvalue weighted by Gasteiger charge is -2.22. The lowest BCUT2D eigenvalue weighted by molar-refractivity contribution is -0.150. The Morgan fingerprint density at radius 1 is 1.35 bits per heavy atom. The maximum absolute atomic E-state index is 11.9. The minimum Gasteiger partial charge on any atom is -0.466 e. The van der Waals surface area contributed by atoms with Crippen molar-refractivity contribution >= 4 is 5.97 Å². The topological polar surface area (TPSA) is 38.8 Å². The molecule has 0 amide bonds. The van der Waals surface area contributed by atoms with E-state index in [1.165, 1.54) is 0 Å². The number of carbonyl (C=O) groups is 1. The summed E-state index contributed by atoms with van der Waals surface area (Å²) >= 11 is 0. The Labute approximate surface area is 102 Å². The number of esters is 1. The zero-order valence-corrected chi connectivity index (χ0v) is 10.5. The Balaban J connectivity index is 1.55. The van der Waals surface area contributed by atoms with Crippen molar-refractivity contribution in [3.05, 3.63) is 0 Å². The number of hydrogen-bond donors (Lipinski definition) is 0. The first-order valence-electron chi connectivity index (χ1n) is 6.71. The molecule has 2 heterocycles. The number of nitrogens with zero attached hydrogens (tertiary/aromatic N) is 1. The second-order valence-corrected chi connectivity index (χ2v) is 5.75. The van der Waals surface area contributed by atoms with Gasteiger partial charge in [-0.3, -0.25) is 4.79 Å². The molecule has 0 N–H and O–H groups in total. The molecule has 3 fully saturated rings. The van der Waals surface area contributed by atoms with E-state index < -0.39 is 0 Å². The third-order valence-electron chi connectivity index (χ3n) is 4.40. The summed E-state index contributed by atoms with van der Waals surface area (Å²) in [4.78, 5) is 14.3. The molecule has 4 nitrogen and oxygen atoms in total. The summed E-state index contributed by atoms with van der Waals surface area (Å²) in [5, 5.41) is 0. The van der Waals surface area contributed by atoms with Crippen molar-refractivity contribution in [1.82, 2.24) is 4.90 Å². The van der Waals surface area contributed by atoms with Gasteiger partial charge in [0.2, 0.25) is 0 Å². The fraction of sp³-hybridized carbons (Fsp3) is 0.923. The molecular formula is C13H21NO3. The lowest BCUT2D eigenvalue weighted by Crippen LogP contribution is -2.35. The first-order chi connectivity index (χ1) is 8.23. The van der Waals surface area contributed by atoms with Crippen molar-refractivity contribution < 1.29 is 14.3 Å². The predicted octanol–water partition coefficient (Wildman–Crippen LogP) is 0.908. The smallest absolute Gasteiger partial charge is 0.313 e. The van der Waals surface area contributed by atoms with Gasteiger partial charge in [-0.05, 0) is 19.8 Å². The van der Waals surface area contributed by atoms with Crippen molar-refractivity contribution in [3.63, 3.8) is 0 Å². The zero-order valence-electron chi connectivity index (χ0n) is 10.5. The molecule has 3 aliphatic rings. The average Bonchev–Trinajstić information content (AvgIpc) is 2.76. The fourth-order valence-electron chi connectivity index (χ4n) is 3.20. The third-order valence-corrected chi connectivity index (χ3v) is 4.40. The molecule has 0 aromatic rings. The first-order valence-corrected chi connectivity index (χ1v) is 6.71. The fourth-order valence-corrected chi connectivity index (χ4v) is 3.20. The van der Waals surface area contributed by atoms with Gasteiger partial charge in [-0.15, -0.1) is 0 Å². The van der Waals surface area contributed by atoms with Crippen molar-refractivity contribution in [1.29, 1.82) is 0 Å². The van der Waals surface area contributed by atoms with Gasteiger partial charge in [-0.1, -0.05) is 0 Å². The van der Waals surface area contributed by atoms with Gasteiger partial charge >= 0.3 is 5.97 Å². The highest BCUT2D eigenvalue weighted by molar-refractivity contribution is 5.80. The molecule has 0 unspecified atom stereocenters. The summed E-state index contributed by atoms with van der Waals surface area (Å²) in [5.41, 5.74) is -0.157. The standard InChI is InChI=1S/C13H21NO3/c1-2-17-12(15)13(3-4-13)9-14-5-10-7-16-8-11(10)6-14/h10-11H,2-9H2,1H3/t10-,11+. The van der Waals surface area contributed by atoms with Crippen LogP contribution in [-0.2, 0) is 14.3 Å². The number of fused-ring (bicyclic) bond motifs is 1. The molecule has 3 rings (SSSR count). The monoisotopic (exact) mass is 239 g/mol. The summed E-state index contributed by atoms with van der Waals surface area (Å²) in [7, 11) is 0. The van der Waals surface area contributed by atoms with Gasteiger partial charge in [0.05, 0.1) is 25.2 Å². The summed E-state index contributed by atoms with van der Waals surface area (Å²) in [6.45, 7) is 7.31. The molecule has 2 saturated heterocycles. The highest BCUT2D eigenvalue weighted by Gasteiger charge is 2.53. The molecule has 0 spiro atoms. The van der Waals surface area contributed by atoms with Crippen LogP contribution in [0.5, 0.6) is 0 Å². The number of carbonyl (C=O) groups excluding carboxylic acids is 1. The number of ether oxygens (including phenoxy) is 2. The molecule has 0 bridgehead atoms.